The van der Waals surface area contributed by atoms with Crippen molar-refractivity contribution in [2.45, 2.75) is 65.4 Å². The molecule has 19 heavy (non-hydrogen) atoms. The molecule has 1 aliphatic rings. The lowest BCUT2D eigenvalue weighted by Gasteiger charge is -2.23. The van der Waals surface area contributed by atoms with Gasteiger partial charge in [0.1, 0.15) is 17.7 Å². The first-order valence-corrected chi connectivity index (χ1v) is 7.46. The molecule has 1 aliphatic carbocycles. The predicted molar refractivity (Wildman–Crippen MR) is 77.8 cm³/mol. The van der Waals surface area contributed by atoms with Crippen LogP contribution < -0.4 is 10.1 Å². The SMILES string of the molecule is CCCNc1nc(C)nc(OC2CCCCC2)c1C. The summed E-state index contributed by atoms with van der Waals surface area (Å²) in [6, 6.07) is 0. The third-order valence-electron chi connectivity index (χ3n) is 3.59. The Bertz CT molecular complexity index is 414. The van der Waals surface area contributed by atoms with Crippen LogP contribution in [0.4, 0.5) is 5.82 Å². The van der Waals surface area contributed by atoms with E-state index in [0.717, 1.165) is 48.9 Å². The summed E-state index contributed by atoms with van der Waals surface area (Å²) in [5.74, 6) is 2.45. The minimum Gasteiger partial charge on any atom is -0.474 e. The standard InChI is InChI=1S/C15H25N3O/c1-4-10-16-14-11(2)15(18-12(3)17-14)19-13-8-6-5-7-9-13/h13H,4-10H2,1-3H3,(H,16,17,18). The predicted octanol–water partition coefficient (Wildman–Crippen LogP) is 3.63. The van der Waals surface area contributed by atoms with E-state index in [-0.39, 0.29) is 0 Å². The summed E-state index contributed by atoms with van der Waals surface area (Å²) >= 11 is 0. The third-order valence-corrected chi connectivity index (χ3v) is 3.59. The van der Waals surface area contributed by atoms with Crippen LogP contribution in [0.2, 0.25) is 0 Å². The van der Waals surface area contributed by atoms with E-state index in [4.69, 9.17) is 4.74 Å². The Labute approximate surface area is 116 Å². The van der Waals surface area contributed by atoms with Gasteiger partial charge in [0.25, 0.3) is 0 Å². The van der Waals surface area contributed by atoms with Crippen LogP contribution >= 0.6 is 0 Å². The lowest BCUT2D eigenvalue weighted by atomic mass is 9.98. The number of aromatic nitrogens is 2. The summed E-state index contributed by atoms with van der Waals surface area (Å²) < 4.78 is 6.10. The van der Waals surface area contributed by atoms with Crippen LogP contribution in [0.15, 0.2) is 0 Å². The van der Waals surface area contributed by atoms with Crippen LogP contribution in [0.1, 0.15) is 56.8 Å². The third kappa shape index (κ3) is 3.82. The van der Waals surface area contributed by atoms with Crippen molar-refractivity contribution >= 4 is 5.82 Å². The van der Waals surface area contributed by atoms with E-state index in [2.05, 4.69) is 22.2 Å². The highest BCUT2D eigenvalue weighted by molar-refractivity contribution is 5.48. The van der Waals surface area contributed by atoms with Crippen molar-refractivity contribution in [1.82, 2.24) is 9.97 Å². The Kier molecular flexibility index (Phi) is 5.00. The maximum Gasteiger partial charge on any atom is 0.222 e. The van der Waals surface area contributed by atoms with E-state index >= 15 is 0 Å². The van der Waals surface area contributed by atoms with Crippen LogP contribution in [0.3, 0.4) is 0 Å². The number of rotatable bonds is 5. The summed E-state index contributed by atoms with van der Waals surface area (Å²) in [6.07, 6.45) is 7.61. The maximum absolute atomic E-state index is 6.10. The lowest BCUT2D eigenvalue weighted by Crippen LogP contribution is -2.21. The molecule has 0 aromatic carbocycles. The summed E-state index contributed by atoms with van der Waals surface area (Å²) in [6.45, 7) is 7.04. The average molecular weight is 263 g/mol. The molecular weight excluding hydrogens is 238 g/mol. The van der Waals surface area contributed by atoms with E-state index in [1.54, 1.807) is 0 Å². The average Bonchev–Trinajstić information content (AvgIpc) is 2.42. The number of aryl methyl sites for hydroxylation is 1. The van der Waals surface area contributed by atoms with Gasteiger partial charge < -0.3 is 10.1 Å². The lowest BCUT2D eigenvalue weighted by molar-refractivity contribution is 0.147. The van der Waals surface area contributed by atoms with Crippen molar-refractivity contribution in [1.29, 1.82) is 0 Å². The molecule has 106 valence electrons. The van der Waals surface area contributed by atoms with E-state index in [1.807, 2.05) is 13.8 Å². The summed E-state index contributed by atoms with van der Waals surface area (Å²) in [7, 11) is 0. The molecule has 0 spiro atoms. The quantitative estimate of drug-likeness (QED) is 0.881. The zero-order chi connectivity index (χ0) is 13.7. The Morgan fingerprint density at radius 2 is 1.89 bits per heavy atom. The van der Waals surface area contributed by atoms with E-state index in [1.165, 1.54) is 19.3 Å². The van der Waals surface area contributed by atoms with Crippen molar-refractivity contribution in [3.8, 4) is 5.88 Å². The van der Waals surface area contributed by atoms with Crippen molar-refractivity contribution in [3.05, 3.63) is 11.4 Å². The van der Waals surface area contributed by atoms with Crippen LogP contribution in [0.5, 0.6) is 5.88 Å². The van der Waals surface area contributed by atoms with E-state index in [9.17, 15) is 0 Å². The first-order valence-electron chi connectivity index (χ1n) is 7.46. The van der Waals surface area contributed by atoms with Crippen LogP contribution in [-0.4, -0.2) is 22.6 Å². The molecule has 1 saturated carbocycles. The Hall–Kier alpha value is -1.32. The molecule has 1 fully saturated rings. The van der Waals surface area contributed by atoms with Crippen molar-refractivity contribution in [3.63, 3.8) is 0 Å². The highest BCUT2D eigenvalue weighted by atomic mass is 16.5. The van der Waals surface area contributed by atoms with Gasteiger partial charge in [-0.2, -0.15) is 4.98 Å². The van der Waals surface area contributed by atoms with Crippen LogP contribution in [-0.2, 0) is 0 Å². The van der Waals surface area contributed by atoms with Gasteiger partial charge in [-0.1, -0.05) is 13.3 Å². The molecule has 1 N–H and O–H groups in total. The number of nitrogens with one attached hydrogen (secondary N) is 1. The summed E-state index contributed by atoms with van der Waals surface area (Å²) in [4.78, 5) is 8.92. The molecule has 0 saturated heterocycles. The molecule has 2 rings (SSSR count). The summed E-state index contributed by atoms with van der Waals surface area (Å²) in [5, 5.41) is 3.35. The van der Waals surface area contributed by atoms with Gasteiger partial charge >= 0.3 is 0 Å². The molecule has 0 atom stereocenters. The van der Waals surface area contributed by atoms with Gasteiger partial charge in [-0.15, -0.1) is 0 Å². The number of hydrogen-bond acceptors (Lipinski definition) is 4. The Morgan fingerprint density at radius 3 is 2.58 bits per heavy atom. The van der Waals surface area contributed by atoms with Gasteiger partial charge in [0, 0.05) is 6.54 Å². The smallest absolute Gasteiger partial charge is 0.222 e. The molecule has 1 aromatic heterocycles. The molecule has 0 amide bonds. The minimum atomic E-state index is 0.334. The highest BCUT2D eigenvalue weighted by Gasteiger charge is 2.18. The molecule has 0 aliphatic heterocycles. The van der Waals surface area contributed by atoms with Gasteiger partial charge in [-0.05, 0) is 46.0 Å². The first kappa shape index (κ1) is 14.1. The molecule has 0 unspecified atom stereocenters. The normalized spacial score (nSPS) is 16.4. The van der Waals surface area contributed by atoms with E-state index < -0.39 is 0 Å². The Balaban J connectivity index is 2.11. The second-order valence-corrected chi connectivity index (χ2v) is 5.35. The zero-order valence-corrected chi connectivity index (χ0v) is 12.3. The molecule has 4 nitrogen and oxygen atoms in total. The van der Waals surface area contributed by atoms with Crippen molar-refractivity contribution < 1.29 is 4.74 Å². The molecule has 1 aromatic rings. The molecule has 4 heteroatoms. The van der Waals surface area contributed by atoms with Gasteiger partial charge in [-0.25, -0.2) is 4.98 Å². The number of nitrogens with zero attached hydrogens (tertiary/aromatic N) is 2. The minimum absolute atomic E-state index is 0.334. The summed E-state index contributed by atoms with van der Waals surface area (Å²) in [5.41, 5.74) is 1.03. The van der Waals surface area contributed by atoms with Gasteiger partial charge in [0.2, 0.25) is 5.88 Å². The second kappa shape index (κ2) is 6.73. The van der Waals surface area contributed by atoms with Gasteiger partial charge in [0.15, 0.2) is 0 Å². The van der Waals surface area contributed by atoms with Crippen LogP contribution in [0.25, 0.3) is 0 Å². The largest absolute Gasteiger partial charge is 0.474 e. The monoisotopic (exact) mass is 263 g/mol. The van der Waals surface area contributed by atoms with Crippen molar-refractivity contribution in [2.75, 3.05) is 11.9 Å². The number of ether oxygens (including phenoxy) is 1. The van der Waals surface area contributed by atoms with Gasteiger partial charge in [0.05, 0.1) is 5.56 Å². The second-order valence-electron chi connectivity index (χ2n) is 5.35. The molecule has 1 heterocycles. The number of hydrogen-bond donors (Lipinski definition) is 1. The zero-order valence-electron chi connectivity index (χ0n) is 12.3. The topological polar surface area (TPSA) is 47.0 Å². The Morgan fingerprint density at radius 1 is 1.16 bits per heavy atom. The molecular formula is C15H25N3O. The van der Waals surface area contributed by atoms with E-state index in [0.29, 0.717) is 6.10 Å². The number of anilines is 1. The van der Waals surface area contributed by atoms with Gasteiger partial charge in [-0.3, -0.25) is 0 Å². The van der Waals surface area contributed by atoms with Crippen molar-refractivity contribution in [2.24, 2.45) is 0 Å². The fourth-order valence-electron chi connectivity index (χ4n) is 2.47. The molecule has 0 bridgehead atoms. The first-order chi connectivity index (χ1) is 9.20. The van der Waals surface area contributed by atoms with Crippen LogP contribution in [0, 0.1) is 13.8 Å². The molecule has 0 radical (unpaired) electrons. The maximum atomic E-state index is 6.10. The fraction of sp³-hybridized carbons (Fsp3) is 0.733. The fourth-order valence-corrected chi connectivity index (χ4v) is 2.47. The highest BCUT2D eigenvalue weighted by Crippen LogP contribution is 2.27.